The van der Waals surface area contributed by atoms with Crippen molar-refractivity contribution in [3.8, 4) is 0 Å². The van der Waals surface area contributed by atoms with E-state index < -0.39 is 0 Å². The minimum atomic E-state index is 0.589. The fourth-order valence-electron chi connectivity index (χ4n) is 0.222. The Labute approximate surface area is 72.6 Å². The second-order valence-electron chi connectivity index (χ2n) is 0.892. The van der Waals surface area contributed by atoms with Gasteiger partial charge in [-0.25, -0.2) is 0 Å². The fourth-order valence-corrected chi connectivity index (χ4v) is 9.27. The van der Waals surface area contributed by atoms with Crippen LogP contribution in [0, 0.1) is 4.70 Å². The van der Waals surface area contributed by atoms with Crippen LogP contribution >= 0.6 is 34.8 Å². The van der Waals surface area contributed by atoms with E-state index in [2.05, 4.69) is 27.5 Å². The molecule has 0 bridgehead atoms. The van der Waals surface area contributed by atoms with Crippen LogP contribution in [0.15, 0.2) is 4.94 Å². The summed E-state index contributed by atoms with van der Waals surface area (Å²) in [6.45, 7) is 0. The molecule has 0 nitrogen and oxygen atoms in total. The number of hydrogen-bond donors (Lipinski definition) is 0. The maximum atomic E-state index is 4.99. The second-order valence-corrected chi connectivity index (χ2v) is 10.6. The molecule has 38 valence electrons. The Balaban J connectivity index is 3.30. The van der Waals surface area contributed by atoms with Gasteiger partial charge in [-0.05, 0) is 0 Å². The summed E-state index contributed by atoms with van der Waals surface area (Å²) in [5.41, 5.74) is 0. The van der Waals surface area contributed by atoms with Crippen molar-refractivity contribution in [2.24, 2.45) is 0 Å². The van der Waals surface area contributed by atoms with Crippen LogP contribution in [0.1, 0.15) is 0 Å². The first-order valence-corrected chi connectivity index (χ1v) is 6.58. The first-order valence-electron chi connectivity index (χ1n) is 1.53. The molecule has 0 aliphatic carbocycles. The summed E-state index contributed by atoms with van der Waals surface area (Å²) in [6.07, 6.45) is 0. The molecule has 0 aliphatic heterocycles. The molecule has 0 N–H and O–H groups in total. The number of halogens is 1. The molecular formula is C3HISSe2. The summed E-state index contributed by atoms with van der Waals surface area (Å²) in [6, 6.07) is 0. The molecule has 0 atom stereocenters. The van der Waals surface area contributed by atoms with Gasteiger partial charge >= 0.3 is 73.5 Å². The van der Waals surface area contributed by atoms with Gasteiger partial charge in [0.15, 0.2) is 0 Å². The molecule has 0 radical (unpaired) electrons. The fraction of sp³-hybridized carbons (Fsp3) is 0. The van der Waals surface area contributed by atoms with Gasteiger partial charge < -0.3 is 0 Å². The van der Waals surface area contributed by atoms with Crippen molar-refractivity contribution >= 4 is 63.8 Å². The van der Waals surface area contributed by atoms with E-state index in [4.69, 9.17) is 12.2 Å². The monoisotopic (exact) mass is 356 g/mol. The van der Waals surface area contributed by atoms with Crippen LogP contribution in [0.4, 0.5) is 0 Å². The summed E-state index contributed by atoms with van der Waals surface area (Å²) in [7, 11) is 0. The third-order valence-electron chi connectivity index (χ3n) is 0.429. The quantitative estimate of drug-likeness (QED) is 0.383. The van der Waals surface area contributed by atoms with Crippen LogP contribution < -0.4 is 0 Å². The van der Waals surface area contributed by atoms with Crippen molar-refractivity contribution < 1.29 is 0 Å². The third-order valence-corrected chi connectivity index (χ3v) is 8.63. The van der Waals surface area contributed by atoms with Crippen molar-refractivity contribution in [2.45, 2.75) is 0 Å². The molecule has 0 spiro atoms. The summed E-state index contributed by atoms with van der Waals surface area (Å²) < 4.78 is 2.81. The van der Waals surface area contributed by atoms with Gasteiger partial charge in [-0.3, -0.25) is 0 Å². The van der Waals surface area contributed by atoms with Gasteiger partial charge in [0.05, 0.1) is 0 Å². The summed E-state index contributed by atoms with van der Waals surface area (Å²) in [5, 5.41) is 0. The van der Waals surface area contributed by atoms with E-state index in [-0.39, 0.29) is 0 Å². The van der Waals surface area contributed by atoms with Gasteiger partial charge in [-0.15, -0.1) is 0 Å². The van der Waals surface area contributed by atoms with Crippen molar-refractivity contribution in [1.82, 2.24) is 0 Å². The van der Waals surface area contributed by atoms with Crippen LogP contribution in [-0.2, 0) is 0 Å². The molecule has 1 rings (SSSR count). The molecule has 7 heavy (non-hydrogen) atoms. The number of hydrogen-bond acceptors (Lipinski definition) is 1. The average molecular weight is 354 g/mol. The van der Waals surface area contributed by atoms with Crippen LogP contribution in [0.25, 0.3) is 0 Å². The summed E-state index contributed by atoms with van der Waals surface area (Å²) in [4.78, 5) is 2.27. The average Bonchev–Trinajstić information content (AvgIpc) is 1.87. The normalized spacial score (nSPS) is 9.29. The van der Waals surface area contributed by atoms with Gasteiger partial charge in [0.1, 0.15) is 0 Å². The third kappa shape index (κ3) is 2.12. The summed E-state index contributed by atoms with van der Waals surface area (Å²) >= 11 is 8.54. The van der Waals surface area contributed by atoms with Crippen LogP contribution in [0.5, 0.6) is 0 Å². The Morgan fingerprint density at radius 3 is 2.57 bits per heavy atom. The standard InChI is InChI=1S/C3HISSe2/c4-2-1-6-3(5)7-2/h1H. The van der Waals surface area contributed by atoms with Crippen molar-refractivity contribution in [3.05, 3.63) is 9.64 Å². The predicted molar refractivity (Wildman–Crippen MR) is 43.9 cm³/mol. The molecule has 0 aliphatic rings. The Bertz CT molecular complexity index is 201. The van der Waals surface area contributed by atoms with Crippen molar-refractivity contribution in [1.29, 1.82) is 0 Å². The Kier molecular flexibility index (Phi) is 2.83. The van der Waals surface area contributed by atoms with Crippen LogP contribution in [-0.4, -0.2) is 29.0 Å². The molecule has 0 saturated carbocycles. The van der Waals surface area contributed by atoms with Crippen molar-refractivity contribution in [3.63, 3.8) is 0 Å². The van der Waals surface area contributed by atoms with E-state index in [0.717, 1.165) is 0 Å². The van der Waals surface area contributed by atoms with Crippen molar-refractivity contribution in [2.75, 3.05) is 0 Å². The first-order chi connectivity index (χ1) is 3.29. The molecule has 1 aromatic rings. The molecule has 0 unspecified atom stereocenters. The molecule has 4 heteroatoms. The van der Waals surface area contributed by atoms with E-state index in [1.165, 1.54) is 4.70 Å². The SMILES string of the molecule is S=c1[se]cc(I)[se]1. The van der Waals surface area contributed by atoms with Gasteiger partial charge in [-0.1, -0.05) is 0 Å². The molecule has 0 amide bonds. The first kappa shape index (κ1) is 6.72. The Hall–Kier alpha value is 1.60. The summed E-state index contributed by atoms with van der Waals surface area (Å²) in [5.74, 6) is 0. The van der Waals surface area contributed by atoms with Gasteiger partial charge in [0.25, 0.3) is 0 Å². The zero-order valence-electron chi connectivity index (χ0n) is 3.18. The predicted octanol–water partition coefficient (Wildman–Crippen LogP) is 1.13. The Morgan fingerprint density at radius 1 is 1.71 bits per heavy atom. The van der Waals surface area contributed by atoms with E-state index in [1.54, 1.807) is 0 Å². The second kappa shape index (κ2) is 2.95. The van der Waals surface area contributed by atoms with Gasteiger partial charge in [0, 0.05) is 0 Å². The molecule has 1 heterocycles. The van der Waals surface area contributed by atoms with E-state index in [9.17, 15) is 0 Å². The molecule has 0 aromatic carbocycles. The molecular weight excluding hydrogens is 353 g/mol. The molecule has 0 fully saturated rings. The zero-order chi connectivity index (χ0) is 5.28. The Morgan fingerprint density at radius 2 is 2.43 bits per heavy atom. The maximum absolute atomic E-state index is 4.99. The number of rotatable bonds is 0. The van der Waals surface area contributed by atoms with Crippen LogP contribution in [0.2, 0.25) is 0 Å². The van der Waals surface area contributed by atoms with E-state index in [0.29, 0.717) is 29.0 Å². The van der Waals surface area contributed by atoms with E-state index >= 15 is 0 Å². The molecule has 0 saturated heterocycles. The van der Waals surface area contributed by atoms with Gasteiger partial charge in [0.2, 0.25) is 0 Å². The zero-order valence-corrected chi connectivity index (χ0v) is 9.58. The minimum absolute atomic E-state index is 0.589. The molecule has 1 aromatic heterocycles. The van der Waals surface area contributed by atoms with Crippen LogP contribution in [0.3, 0.4) is 0 Å². The topological polar surface area (TPSA) is 0 Å². The van der Waals surface area contributed by atoms with E-state index in [1.807, 2.05) is 0 Å². The van der Waals surface area contributed by atoms with Gasteiger partial charge in [-0.2, -0.15) is 0 Å².